The van der Waals surface area contributed by atoms with Crippen molar-refractivity contribution in [2.24, 2.45) is 5.92 Å². The van der Waals surface area contributed by atoms with Gasteiger partial charge in [-0.2, -0.15) is 0 Å². The van der Waals surface area contributed by atoms with Gasteiger partial charge in [-0.3, -0.25) is 0 Å². The van der Waals surface area contributed by atoms with Gasteiger partial charge in [0.15, 0.2) is 0 Å². The lowest BCUT2D eigenvalue weighted by molar-refractivity contribution is 0.310. The Bertz CT molecular complexity index is 467. The minimum absolute atomic E-state index is 0.415. The van der Waals surface area contributed by atoms with Crippen molar-refractivity contribution in [1.29, 1.82) is 0 Å². The first-order valence-corrected chi connectivity index (χ1v) is 8.39. The van der Waals surface area contributed by atoms with E-state index in [4.69, 9.17) is 0 Å². The third kappa shape index (κ3) is 3.58. The van der Waals surface area contributed by atoms with Crippen molar-refractivity contribution in [3.8, 4) is 0 Å². The minimum atomic E-state index is 0.415. The molecule has 0 radical (unpaired) electrons. The zero-order valence-corrected chi connectivity index (χ0v) is 13.7. The summed E-state index contributed by atoms with van der Waals surface area (Å²) >= 11 is 0. The fraction of sp³-hybridized carbons (Fsp3) is 0.667. The molecule has 1 aliphatic heterocycles. The summed E-state index contributed by atoms with van der Waals surface area (Å²) in [6.07, 6.45) is 4.24. The molecule has 0 unspecified atom stereocenters. The van der Waals surface area contributed by atoms with Crippen LogP contribution in [-0.2, 0) is 0 Å². The number of rotatable bonds is 6. The largest absolute Gasteiger partial charge is 0.377 e. The molecule has 3 nitrogen and oxygen atoms in total. The van der Waals surface area contributed by atoms with E-state index in [0.29, 0.717) is 6.04 Å². The number of nitrogens with zero attached hydrogens (tertiary/aromatic N) is 2. The Morgan fingerprint density at radius 1 is 1.24 bits per heavy atom. The molecule has 2 fully saturated rings. The van der Waals surface area contributed by atoms with Gasteiger partial charge in [-0.1, -0.05) is 18.2 Å². The highest BCUT2D eigenvalue weighted by molar-refractivity contribution is 5.53. The third-order valence-corrected chi connectivity index (χ3v) is 4.98. The fourth-order valence-corrected chi connectivity index (χ4v) is 3.51. The van der Waals surface area contributed by atoms with Crippen LogP contribution in [-0.4, -0.2) is 44.7 Å². The molecule has 0 spiro atoms. The van der Waals surface area contributed by atoms with Crippen LogP contribution < -0.4 is 10.2 Å². The monoisotopic (exact) mass is 287 g/mol. The highest BCUT2D eigenvalue weighted by Gasteiger charge is 2.34. The first kappa shape index (κ1) is 14.9. The molecule has 116 valence electrons. The second kappa shape index (κ2) is 6.37. The maximum Gasteiger partial charge on any atom is 0.0409 e. The highest BCUT2D eigenvalue weighted by Crippen LogP contribution is 2.32. The van der Waals surface area contributed by atoms with Gasteiger partial charge in [0.25, 0.3) is 0 Å². The summed E-state index contributed by atoms with van der Waals surface area (Å²) in [6.45, 7) is 6.06. The van der Waals surface area contributed by atoms with Gasteiger partial charge in [0.1, 0.15) is 0 Å². The van der Waals surface area contributed by atoms with E-state index in [0.717, 1.165) is 18.5 Å². The van der Waals surface area contributed by atoms with Crippen molar-refractivity contribution < 1.29 is 0 Å². The molecule has 1 saturated heterocycles. The molecule has 2 atom stereocenters. The zero-order chi connectivity index (χ0) is 14.8. The summed E-state index contributed by atoms with van der Waals surface area (Å²) in [5.74, 6) is 0.833. The van der Waals surface area contributed by atoms with Gasteiger partial charge in [-0.15, -0.1) is 0 Å². The molecule has 0 aromatic heterocycles. The maximum atomic E-state index is 3.76. The van der Waals surface area contributed by atoms with Crippen LogP contribution >= 0.6 is 0 Å². The molecule has 3 rings (SSSR count). The van der Waals surface area contributed by atoms with E-state index >= 15 is 0 Å². The quantitative estimate of drug-likeness (QED) is 0.868. The average molecular weight is 287 g/mol. The topological polar surface area (TPSA) is 18.5 Å². The normalized spacial score (nSPS) is 24.2. The molecule has 1 heterocycles. The predicted octanol–water partition coefficient (Wildman–Crippen LogP) is 2.89. The number of benzene rings is 1. The molecule has 21 heavy (non-hydrogen) atoms. The fourth-order valence-electron chi connectivity index (χ4n) is 3.51. The molecule has 3 heteroatoms. The molecular formula is C18H29N3. The van der Waals surface area contributed by atoms with Crippen molar-refractivity contribution >= 4 is 5.69 Å². The van der Waals surface area contributed by atoms with Crippen LogP contribution in [0.2, 0.25) is 0 Å². The lowest BCUT2D eigenvalue weighted by Gasteiger charge is -2.23. The number of nitrogens with one attached hydrogen (secondary N) is 1. The Kier molecular flexibility index (Phi) is 4.51. The van der Waals surface area contributed by atoms with Crippen LogP contribution in [0, 0.1) is 5.92 Å². The van der Waals surface area contributed by atoms with Crippen LogP contribution in [0.15, 0.2) is 24.3 Å². The van der Waals surface area contributed by atoms with Crippen molar-refractivity contribution in [2.45, 2.75) is 38.3 Å². The molecular weight excluding hydrogens is 258 g/mol. The first-order chi connectivity index (χ1) is 10.1. The van der Waals surface area contributed by atoms with Gasteiger partial charge >= 0.3 is 0 Å². The van der Waals surface area contributed by atoms with Gasteiger partial charge in [-0.25, -0.2) is 0 Å². The molecule has 1 N–H and O–H groups in total. The second-order valence-corrected chi connectivity index (χ2v) is 6.96. The Morgan fingerprint density at radius 2 is 2.00 bits per heavy atom. The summed E-state index contributed by atoms with van der Waals surface area (Å²) in [5.41, 5.74) is 2.73. The number of likely N-dealkylation sites (tertiary alicyclic amines) is 1. The van der Waals surface area contributed by atoms with E-state index in [2.05, 4.69) is 60.4 Å². The van der Waals surface area contributed by atoms with E-state index < -0.39 is 0 Å². The predicted molar refractivity (Wildman–Crippen MR) is 89.9 cm³/mol. The van der Waals surface area contributed by atoms with Gasteiger partial charge in [0.2, 0.25) is 0 Å². The van der Waals surface area contributed by atoms with Crippen molar-refractivity contribution in [3.63, 3.8) is 0 Å². The lowest BCUT2D eigenvalue weighted by Crippen LogP contribution is -2.29. The SMILES string of the molecule is C[C@@H](NC[C@H]1CCN(C2CC2)C1)c1ccccc1N(C)C. The van der Waals surface area contributed by atoms with Crippen LogP contribution in [0.5, 0.6) is 0 Å². The van der Waals surface area contributed by atoms with Crippen LogP contribution in [0.25, 0.3) is 0 Å². The highest BCUT2D eigenvalue weighted by atomic mass is 15.2. The Balaban J connectivity index is 1.53. The molecule has 0 bridgehead atoms. The zero-order valence-electron chi connectivity index (χ0n) is 13.7. The third-order valence-electron chi connectivity index (χ3n) is 4.98. The van der Waals surface area contributed by atoms with E-state index in [1.807, 2.05) is 0 Å². The molecule has 0 amide bonds. The van der Waals surface area contributed by atoms with Gasteiger partial charge in [-0.05, 0) is 56.8 Å². The van der Waals surface area contributed by atoms with Crippen LogP contribution in [0.3, 0.4) is 0 Å². The van der Waals surface area contributed by atoms with E-state index in [1.54, 1.807) is 0 Å². The lowest BCUT2D eigenvalue weighted by atomic mass is 10.0. The first-order valence-electron chi connectivity index (χ1n) is 8.39. The van der Waals surface area contributed by atoms with E-state index in [-0.39, 0.29) is 0 Å². The van der Waals surface area contributed by atoms with E-state index in [1.165, 1.54) is 43.6 Å². The van der Waals surface area contributed by atoms with Crippen molar-refractivity contribution in [1.82, 2.24) is 10.2 Å². The van der Waals surface area contributed by atoms with Crippen LogP contribution in [0.1, 0.15) is 37.8 Å². The van der Waals surface area contributed by atoms with Gasteiger partial charge in [0, 0.05) is 38.4 Å². The summed E-state index contributed by atoms with van der Waals surface area (Å²) < 4.78 is 0. The smallest absolute Gasteiger partial charge is 0.0409 e. The van der Waals surface area contributed by atoms with E-state index in [9.17, 15) is 0 Å². The number of para-hydroxylation sites is 1. The minimum Gasteiger partial charge on any atom is -0.377 e. The number of anilines is 1. The average Bonchev–Trinajstić information content (AvgIpc) is 3.24. The molecule has 2 aliphatic rings. The molecule has 1 aliphatic carbocycles. The Hall–Kier alpha value is -1.06. The maximum absolute atomic E-state index is 3.76. The number of hydrogen-bond donors (Lipinski definition) is 1. The molecule has 1 saturated carbocycles. The Labute approximate surface area is 129 Å². The molecule has 1 aromatic rings. The number of hydrogen-bond acceptors (Lipinski definition) is 3. The van der Waals surface area contributed by atoms with Gasteiger partial charge in [0.05, 0.1) is 0 Å². The van der Waals surface area contributed by atoms with Crippen molar-refractivity contribution in [3.05, 3.63) is 29.8 Å². The van der Waals surface area contributed by atoms with Crippen molar-refractivity contribution in [2.75, 3.05) is 38.6 Å². The summed E-state index contributed by atoms with van der Waals surface area (Å²) in [7, 11) is 4.24. The van der Waals surface area contributed by atoms with Crippen LogP contribution in [0.4, 0.5) is 5.69 Å². The standard InChI is InChI=1S/C18H29N3/c1-14(17-6-4-5-7-18(17)20(2)3)19-12-15-10-11-21(13-15)16-8-9-16/h4-7,14-16,19H,8-13H2,1-3H3/t14-,15-/m1/s1. The Morgan fingerprint density at radius 3 is 2.71 bits per heavy atom. The van der Waals surface area contributed by atoms with Gasteiger partial charge < -0.3 is 15.1 Å². The summed E-state index contributed by atoms with van der Waals surface area (Å²) in [6, 6.07) is 10.1. The summed E-state index contributed by atoms with van der Waals surface area (Å²) in [4.78, 5) is 4.91. The summed E-state index contributed by atoms with van der Waals surface area (Å²) in [5, 5.41) is 3.76. The second-order valence-electron chi connectivity index (χ2n) is 6.96. The molecule has 1 aromatic carbocycles.